The summed E-state index contributed by atoms with van der Waals surface area (Å²) in [5.74, 6) is 0.156. The summed E-state index contributed by atoms with van der Waals surface area (Å²) in [5.41, 5.74) is 0.926. The highest BCUT2D eigenvalue weighted by Crippen LogP contribution is 2.32. The lowest BCUT2D eigenvalue weighted by Crippen LogP contribution is -2.11. The molecule has 0 saturated heterocycles. The van der Waals surface area contributed by atoms with E-state index in [1.54, 1.807) is 31.2 Å². The zero-order valence-electron chi connectivity index (χ0n) is 12.3. The highest BCUT2D eigenvalue weighted by Gasteiger charge is 2.21. The van der Waals surface area contributed by atoms with Crippen LogP contribution < -0.4 is 5.32 Å². The normalized spacial score (nSPS) is 10.5. The molecule has 3 heterocycles. The quantitative estimate of drug-likeness (QED) is 0.723. The van der Waals surface area contributed by atoms with Gasteiger partial charge in [0.15, 0.2) is 16.7 Å². The van der Waals surface area contributed by atoms with Gasteiger partial charge < -0.3 is 4.42 Å². The van der Waals surface area contributed by atoms with Crippen LogP contribution in [-0.4, -0.2) is 21.7 Å². The number of amides is 1. The Morgan fingerprint density at radius 1 is 1.26 bits per heavy atom. The molecular weight excluding hydrogens is 314 g/mol. The number of rotatable bonds is 5. The first kappa shape index (κ1) is 15.1. The topological polar surface area (TPSA) is 85.1 Å². The Hall–Kier alpha value is -2.80. The Morgan fingerprint density at radius 3 is 2.70 bits per heavy atom. The number of hydrogen-bond acceptors (Lipinski definition) is 6. The molecule has 0 spiro atoms. The lowest BCUT2D eigenvalue weighted by Gasteiger charge is -2.00. The monoisotopic (exact) mass is 327 g/mol. The summed E-state index contributed by atoms with van der Waals surface area (Å²) >= 11 is 1.15. The van der Waals surface area contributed by atoms with Crippen LogP contribution in [0.5, 0.6) is 0 Å². The number of aromatic nitrogens is 2. The Bertz CT molecular complexity index is 826. The summed E-state index contributed by atoms with van der Waals surface area (Å²) in [5, 5.41) is 3.06. The van der Waals surface area contributed by atoms with Gasteiger partial charge >= 0.3 is 0 Å². The average molecular weight is 327 g/mol. The fourth-order valence-corrected chi connectivity index (χ4v) is 2.95. The smallest absolute Gasteiger partial charge is 0.257 e. The molecule has 6 nitrogen and oxygen atoms in total. The van der Waals surface area contributed by atoms with E-state index in [0.717, 1.165) is 11.3 Å². The number of hydrogen-bond donors (Lipinski definition) is 1. The number of anilines is 1. The van der Waals surface area contributed by atoms with Crippen LogP contribution in [0.25, 0.3) is 11.5 Å². The molecule has 0 bridgehead atoms. The van der Waals surface area contributed by atoms with Gasteiger partial charge in [-0.05, 0) is 24.3 Å². The maximum atomic E-state index is 12.2. The maximum absolute atomic E-state index is 12.2. The summed E-state index contributed by atoms with van der Waals surface area (Å²) < 4.78 is 5.33. The molecule has 0 radical (unpaired) electrons. The van der Waals surface area contributed by atoms with Crippen LogP contribution in [0, 0.1) is 0 Å². The van der Waals surface area contributed by atoms with Gasteiger partial charge in [0.2, 0.25) is 0 Å². The fourth-order valence-electron chi connectivity index (χ4n) is 1.98. The molecule has 3 aromatic rings. The minimum absolute atomic E-state index is 0.0432. The number of carbonyl (C=O) groups is 2. The number of Topliss-reactive ketones (excluding diaryl/α,β-unsaturated/α-hetero) is 1. The minimum Gasteiger partial charge on any atom is -0.463 e. The SMILES string of the molecule is CCC(=O)c1sc(NC(=O)c2ccncc2)nc1-c1ccco1. The molecule has 0 fully saturated rings. The summed E-state index contributed by atoms with van der Waals surface area (Å²) in [6.45, 7) is 1.78. The van der Waals surface area contributed by atoms with E-state index in [1.165, 1.54) is 18.7 Å². The van der Waals surface area contributed by atoms with Crippen LogP contribution in [0.2, 0.25) is 0 Å². The van der Waals surface area contributed by atoms with Gasteiger partial charge in [0.05, 0.1) is 6.26 Å². The molecule has 116 valence electrons. The first-order valence-electron chi connectivity index (χ1n) is 6.98. The van der Waals surface area contributed by atoms with E-state index in [4.69, 9.17) is 4.42 Å². The minimum atomic E-state index is -0.303. The van der Waals surface area contributed by atoms with E-state index >= 15 is 0 Å². The highest BCUT2D eigenvalue weighted by atomic mass is 32.1. The predicted octanol–water partition coefficient (Wildman–Crippen LogP) is 3.64. The third-order valence-electron chi connectivity index (χ3n) is 3.12. The Morgan fingerprint density at radius 2 is 2.04 bits per heavy atom. The van der Waals surface area contributed by atoms with Gasteiger partial charge in [0.25, 0.3) is 5.91 Å². The highest BCUT2D eigenvalue weighted by molar-refractivity contribution is 7.18. The molecule has 7 heteroatoms. The number of nitrogens with zero attached hydrogens (tertiary/aromatic N) is 2. The molecule has 0 saturated carbocycles. The van der Waals surface area contributed by atoms with E-state index in [9.17, 15) is 9.59 Å². The van der Waals surface area contributed by atoms with Crippen molar-refractivity contribution < 1.29 is 14.0 Å². The number of nitrogens with one attached hydrogen (secondary N) is 1. The molecule has 3 rings (SSSR count). The number of ketones is 1. The third-order valence-corrected chi connectivity index (χ3v) is 4.13. The van der Waals surface area contributed by atoms with Gasteiger partial charge in [0.1, 0.15) is 10.6 Å². The molecular formula is C16H13N3O3S. The molecule has 1 amide bonds. The van der Waals surface area contributed by atoms with Gasteiger partial charge in [-0.1, -0.05) is 18.3 Å². The Kier molecular flexibility index (Phi) is 4.29. The molecule has 0 aliphatic rings. The molecule has 0 aliphatic carbocycles. The fraction of sp³-hybridized carbons (Fsp3) is 0.125. The first-order chi connectivity index (χ1) is 11.2. The van der Waals surface area contributed by atoms with Crippen molar-refractivity contribution in [1.29, 1.82) is 0 Å². The third kappa shape index (κ3) is 3.19. The van der Waals surface area contributed by atoms with Crippen LogP contribution in [0.3, 0.4) is 0 Å². The first-order valence-corrected chi connectivity index (χ1v) is 7.80. The van der Waals surface area contributed by atoms with Crippen molar-refractivity contribution in [1.82, 2.24) is 9.97 Å². The summed E-state index contributed by atoms with van der Waals surface area (Å²) in [6, 6.07) is 6.67. The lowest BCUT2D eigenvalue weighted by atomic mass is 10.2. The van der Waals surface area contributed by atoms with Crippen molar-refractivity contribution in [3.63, 3.8) is 0 Å². The van der Waals surface area contributed by atoms with Crippen molar-refractivity contribution >= 4 is 28.2 Å². The van der Waals surface area contributed by atoms with Gasteiger partial charge in [-0.2, -0.15) is 0 Å². The van der Waals surface area contributed by atoms with E-state index < -0.39 is 0 Å². The van der Waals surface area contributed by atoms with Crippen molar-refractivity contribution in [2.24, 2.45) is 0 Å². The summed E-state index contributed by atoms with van der Waals surface area (Å²) in [6.07, 6.45) is 4.95. The van der Waals surface area contributed by atoms with Crippen LogP contribution in [-0.2, 0) is 0 Å². The molecule has 0 unspecified atom stereocenters. The van der Waals surface area contributed by atoms with E-state index in [2.05, 4.69) is 15.3 Å². The predicted molar refractivity (Wildman–Crippen MR) is 86.6 cm³/mol. The van der Waals surface area contributed by atoms with Gasteiger partial charge in [-0.15, -0.1) is 0 Å². The van der Waals surface area contributed by atoms with Gasteiger partial charge in [0, 0.05) is 24.4 Å². The standard InChI is InChI=1S/C16H13N3O3S/c1-2-11(20)14-13(12-4-3-9-22-12)18-16(23-14)19-15(21)10-5-7-17-8-6-10/h3-9H,2H2,1H3,(H,18,19,21). The molecule has 1 N–H and O–H groups in total. The van der Waals surface area contributed by atoms with E-state index in [-0.39, 0.29) is 11.7 Å². The van der Waals surface area contributed by atoms with E-state index in [0.29, 0.717) is 33.4 Å². The molecule has 23 heavy (non-hydrogen) atoms. The Balaban J connectivity index is 1.92. The van der Waals surface area contributed by atoms with Crippen LogP contribution in [0.1, 0.15) is 33.4 Å². The molecule has 0 aromatic carbocycles. The lowest BCUT2D eigenvalue weighted by molar-refractivity contribution is 0.0990. The summed E-state index contributed by atoms with van der Waals surface area (Å²) in [7, 11) is 0. The molecule has 3 aromatic heterocycles. The largest absolute Gasteiger partial charge is 0.463 e. The second kappa shape index (κ2) is 6.53. The molecule has 0 atom stereocenters. The maximum Gasteiger partial charge on any atom is 0.257 e. The van der Waals surface area contributed by atoms with Crippen molar-refractivity contribution in [2.75, 3.05) is 5.32 Å². The summed E-state index contributed by atoms with van der Waals surface area (Å²) in [4.78, 5) is 33.0. The zero-order chi connectivity index (χ0) is 16.2. The van der Waals surface area contributed by atoms with Gasteiger partial charge in [-0.25, -0.2) is 4.98 Å². The van der Waals surface area contributed by atoms with E-state index in [1.807, 2.05) is 0 Å². The van der Waals surface area contributed by atoms with Crippen LogP contribution in [0.15, 0.2) is 47.3 Å². The van der Waals surface area contributed by atoms with Crippen LogP contribution in [0.4, 0.5) is 5.13 Å². The number of pyridine rings is 1. The second-order valence-corrected chi connectivity index (χ2v) is 5.64. The number of furan rings is 1. The van der Waals surface area contributed by atoms with Crippen LogP contribution >= 0.6 is 11.3 Å². The van der Waals surface area contributed by atoms with Crippen molar-refractivity contribution in [3.8, 4) is 11.5 Å². The van der Waals surface area contributed by atoms with Gasteiger partial charge in [-0.3, -0.25) is 19.9 Å². The zero-order valence-corrected chi connectivity index (χ0v) is 13.1. The van der Waals surface area contributed by atoms with Crippen molar-refractivity contribution in [2.45, 2.75) is 13.3 Å². The average Bonchev–Trinajstić information content (AvgIpc) is 3.24. The van der Waals surface area contributed by atoms with Crippen molar-refractivity contribution in [3.05, 3.63) is 53.4 Å². The Labute approximate surface area is 136 Å². The molecule has 0 aliphatic heterocycles. The number of carbonyl (C=O) groups excluding carboxylic acids is 2. The number of thiazole rings is 1. The second-order valence-electron chi connectivity index (χ2n) is 4.64.